The topological polar surface area (TPSA) is 84.3 Å². The molecule has 0 saturated carbocycles. The number of amides is 1. The smallest absolute Gasteiger partial charge is 0.351 e. The van der Waals surface area contributed by atoms with Crippen molar-refractivity contribution in [3.05, 3.63) is 48.2 Å². The van der Waals surface area contributed by atoms with Gasteiger partial charge in [-0.15, -0.1) is 0 Å². The van der Waals surface area contributed by atoms with Gasteiger partial charge in [-0.1, -0.05) is 12.1 Å². The van der Waals surface area contributed by atoms with Crippen molar-refractivity contribution in [2.75, 3.05) is 13.1 Å². The molecule has 31 heavy (non-hydrogen) atoms. The van der Waals surface area contributed by atoms with Gasteiger partial charge in [0, 0.05) is 45.1 Å². The number of carbonyl (C=O) groups excluding carboxylic acids is 1. The number of aryl methyl sites for hydroxylation is 1. The van der Waals surface area contributed by atoms with Gasteiger partial charge in [0.15, 0.2) is 5.03 Å². The lowest BCUT2D eigenvalue weighted by Gasteiger charge is -2.20. The third-order valence-corrected chi connectivity index (χ3v) is 6.80. The Balaban J connectivity index is 1.77. The molecule has 1 amide bonds. The highest BCUT2D eigenvalue weighted by molar-refractivity contribution is 7.89. The summed E-state index contributed by atoms with van der Waals surface area (Å²) in [6.07, 6.45) is -3.42. The average Bonchev–Trinajstić information content (AvgIpc) is 3.29. The molecule has 2 aromatic rings. The maximum atomic E-state index is 13.3. The molecule has 170 valence electrons. The summed E-state index contributed by atoms with van der Waals surface area (Å²) < 4.78 is 78.9. The third kappa shape index (κ3) is 5.82. The molecule has 12 heteroatoms. The molecule has 1 N–H and O–H groups in total. The summed E-state index contributed by atoms with van der Waals surface area (Å²) in [5.41, 5.74) is 0.612. The molecule has 7 nitrogen and oxygen atoms in total. The number of imidazole rings is 1. The number of aromatic nitrogens is 2. The van der Waals surface area contributed by atoms with Crippen molar-refractivity contribution < 1.29 is 30.8 Å². The number of nitrogens with one attached hydrogen (secondary N) is 1. The first-order chi connectivity index (χ1) is 14.5. The van der Waals surface area contributed by atoms with Gasteiger partial charge in [0.1, 0.15) is 5.82 Å². The maximum absolute atomic E-state index is 13.3. The first-order valence-electron chi connectivity index (χ1n) is 9.55. The van der Waals surface area contributed by atoms with Crippen LogP contribution < -0.4 is 5.32 Å². The van der Waals surface area contributed by atoms with Crippen molar-refractivity contribution >= 4 is 15.9 Å². The van der Waals surface area contributed by atoms with Gasteiger partial charge in [-0.2, -0.15) is 17.5 Å². The Kier molecular flexibility index (Phi) is 6.70. The van der Waals surface area contributed by atoms with E-state index in [0.29, 0.717) is 5.56 Å². The van der Waals surface area contributed by atoms with Gasteiger partial charge >= 0.3 is 6.18 Å². The lowest BCUT2D eigenvalue weighted by atomic mass is 9.94. The number of nitrogens with zero attached hydrogens (tertiary/aromatic N) is 3. The number of alkyl halides is 3. The minimum Gasteiger partial charge on any atom is -0.351 e. The molecule has 0 radical (unpaired) electrons. The molecule has 2 heterocycles. The quantitative estimate of drug-likeness (QED) is 0.641. The highest BCUT2D eigenvalue weighted by atomic mass is 32.2. The van der Waals surface area contributed by atoms with E-state index in [1.165, 1.54) is 45.7 Å². The zero-order chi connectivity index (χ0) is 22.8. The van der Waals surface area contributed by atoms with Crippen molar-refractivity contribution in [2.24, 2.45) is 7.05 Å². The Hall–Kier alpha value is -2.47. The first kappa shape index (κ1) is 23.2. The Morgan fingerprint density at radius 3 is 2.48 bits per heavy atom. The van der Waals surface area contributed by atoms with Crippen LogP contribution in [0.4, 0.5) is 17.6 Å². The van der Waals surface area contributed by atoms with Crippen LogP contribution in [0.5, 0.6) is 0 Å². The van der Waals surface area contributed by atoms with Crippen LogP contribution >= 0.6 is 0 Å². The van der Waals surface area contributed by atoms with Crippen molar-refractivity contribution in [3.63, 3.8) is 0 Å². The van der Waals surface area contributed by atoms with E-state index in [-0.39, 0.29) is 31.0 Å². The molecule has 3 rings (SSSR count). The normalized spacial score (nSPS) is 20.2. The fourth-order valence-corrected chi connectivity index (χ4v) is 5.00. The molecule has 1 aromatic heterocycles. The fourth-order valence-electron chi connectivity index (χ4n) is 3.54. The van der Waals surface area contributed by atoms with E-state index in [0.717, 1.165) is 0 Å². The van der Waals surface area contributed by atoms with Crippen LogP contribution in [0.2, 0.25) is 0 Å². The lowest BCUT2D eigenvalue weighted by Crippen LogP contribution is -2.40. The molecule has 1 aliphatic rings. The van der Waals surface area contributed by atoms with E-state index in [1.807, 2.05) is 0 Å². The molecule has 1 saturated heterocycles. The minimum absolute atomic E-state index is 0.0119. The van der Waals surface area contributed by atoms with Gasteiger partial charge < -0.3 is 9.88 Å². The van der Waals surface area contributed by atoms with Gasteiger partial charge in [-0.25, -0.2) is 17.8 Å². The Morgan fingerprint density at radius 1 is 1.23 bits per heavy atom. The van der Waals surface area contributed by atoms with E-state index in [4.69, 9.17) is 0 Å². The SMILES string of the molecule is Cn1cnc(S(=O)(=O)N2C[C@H](NC(=O)CCCC(F)(F)F)[C@@H](c3ccc(F)cc3)C2)c1. The molecule has 1 fully saturated rings. The largest absolute Gasteiger partial charge is 0.389 e. The predicted molar refractivity (Wildman–Crippen MR) is 103 cm³/mol. The molecular weight excluding hydrogens is 440 g/mol. The highest BCUT2D eigenvalue weighted by Gasteiger charge is 2.41. The number of hydrogen-bond donors (Lipinski definition) is 1. The van der Waals surface area contributed by atoms with Gasteiger partial charge in [-0.05, 0) is 24.1 Å². The van der Waals surface area contributed by atoms with Gasteiger partial charge in [0.05, 0.1) is 12.4 Å². The average molecular weight is 462 g/mol. The molecular formula is C19H22F4N4O3S. The van der Waals surface area contributed by atoms with Crippen LogP contribution in [0.3, 0.4) is 0 Å². The third-order valence-electron chi connectivity index (χ3n) is 5.08. The summed E-state index contributed by atoms with van der Waals surface area (Å²) in [6, 6.07) is 4.78. The summed E-state index contributed by atoms with van der Waals surface area (Å²) in [5, 5.41) is 2.51. The molecule has 0 unspecified atom stereocenters. The van der Waals surface area contributed by atoms with E-state index in [2.05, 4.69) is 10.3 Å². The lowest BCUT2D eigenvalue weighted by molar-refractivity contribution is -0.137. The second kappa shape index (κ2) is 8.95. The number of benzene rings is 1. The van der Waals surface area contributed by atoms with Crippen LogP contribution in [-0.4, -0.2) is 53.5 Å². The number of carbonyl (C=O) groups is 1. The van der Waals surface area contributed by atoms with Crippen LogP contribution in [0.25, 0.3) is 0 Å². The van der Waals surface area contributed by atoms with Crippen molar-refractivity contribution in [3.8, 4) is 0 Å². The van der Waals surface area contributed by atoms with E-state index >= 15 is 0 Å². The number of halogens is 4. The van der Waals surface area contributed by atoms with E-state index in [9.17, 15) is 30.8 Å². The monoisotopic (exact) mass is 462 g/mol. The maximum Gasteiger partial charge on any atom is 0.389 e. The summed E-state index contributed by atoms with van der Waals surface area (Å²) in [7, 11) is -2.32. The number of hydrogen-bond acceptors (Lipinski definition) is 4. The molecule has 0 spiro atoms. The second-order valence-electron chi connectivity index (χ2n) is 7.50. The van der Waals surface area contributed by atoms with Gasteiger partial charge in [0.25, 0.3) is 10.0 Å². The summed E-state index contributed by atoms with van der Waals surface area (Å²) in [6.45, 7) is -0.0655. The van der Waals surface area contributed by atoms with E-state index in [1.54, 1.807) is 7.05 Å². The predicted octanol–water partition coefficient (Wildman–Crippen LogP) is 2.56. The Labute approximate surface area is 177 Å². The highest BCUT2D eigenvalue weighted by Crippen LogP contribution is 2.31. The zero-order valence-electron chi connectivity index (χ0n) is 16.6. The fraction of sp³-hybridized carbons (Fsp3) is 0.474. The molecule has 2 atom stereocenters. The molecule has 0 aliphatic carbocycles. The summed E-state index contributed by atoms with van der Waals surface area (Å²) >= 11 is 0. The molecule has 0 bridgehead atoms. The zero-order valence-corrected chi connectivity index (χ0v) is 17.5. The Morgan fingerprint density at radius 2 is 1.90 bits per heavy atom. The number of sulfonamides is 1. The summed E-state index contributed by atoms with van der Waals surface area (Å²) in [5.74, 6) is -1.56. The van der Waals surface area contributed by atoms with Crippen LogP contribution in [0.15, 0.2) is 41.8 Å². The second-order valence-corrected chi connectivity index (χ2v) is 9.38. The van der Waals surface area contributed by atoms with E-state index < -0.39 is 46.3 Å². The van der Waals surface area contributed by atoms with Crippen LogP contribution in [0.1, 0.15) is 30.7 Å². The molecule has 1 aromatic carbocycles. The van der Waals surface area contributed by atoms with Crippen molar-refractivity contribution in [1.29, 1.82) is 0 Å². The number of rotatable bonds is 7. The van der Waals surface area contributed by atoms with Crippen LogP contribution in [-0.2, 0) is 21.9 Å². The Bertz CT molecular complexity index is 1020. The van der Waals surface area contributed by atoms with Gasteiger partial charge in [-0.3, -0.25) is 4.79 Å². The minimum atomic E-state index is -4.35. The van der Waals surface area contributed by atoms with Crippen LogP contribution in [0, 0.1) is 5.82 Å². The van der Waals surface area contributed by atoms with Gasteiger partial charge in [0.2, 0.25) is 5.91 Å². The van der Waals surface area contributed by atoms with Crippen molar-refractivity contribution in [2.45, 2.75) is 42.4 Å². The first-order valence-corrected chi connectivity index (χ1v) is 11.0. The summed E-state index contributed by atoms with van der Waals surface area (Å²) in [4.78, 5) is 16.1. The standard InChI is InChI=1S/C19H22F4N4O3S/c1-26-11-18(24-12-26)31(29,30)27-9-15(13-4-6-14(20)7-5-13)16(10-27)25-17(28)3-2-8-19(21,22)23/h4-7,11-12,15-16H,2-3,8-10H2,1H3,(H,25,28)/t15-,16+/m1/s1. The molecule has 1 aliphatic heterocycles. The van der Waals surface area contributed by atoms with Crippen molar-refractivity contribution in [1.82, 2.24) is 19.2 Å².